The largest absolute Gasteiger partial charge is 0.504 e. The molecule has 0 aromatic heterocycles. The molecule has 0 spiro atoms. The third-order valence-corrected chi connectivity index (χ3v) is 4.15. The molecule has 0 radical (unpaired) electrons. The van der Waals surface area contributed by atoms with E-state index in [1.54, 1.807) is 24.3 Å². The number of carbonyl (C=O) groups is 1. The summed E-state index contributed by atoms with van der Waals surface area (Å²) < 4.78 is 10.4. The molecule has 0 unspecified atom stereocenters. The highest BCUT2D eigenvalue weighted by Crippen LogP contribution is 2.33. The van der Waals surface area contributed by atoms with E-state index in [0.29, 0.717) is 16.5 Å². The zero-order valence-electron chi connectivity index (χ0n) is 13.7. The SMILES string of the molecule is COc1cc(Cl)c(C)cc1NC(=O)Oc1cc2ccccc2cc1O. The number of ether oxygens (including phenoxy) is 2. The number of carbonyl (C=O) groups excluding carboxylic acids is 1. The zero-order chi connectivity index (χ0) is 18.0. The first-order valence-corrected chi connectivity index (χ1v) is 7.90. The molecule has 0 aliphatic carbocycles. The van der Waals surface area contributed by atoms with E-state index in [2.05, 4.69) is 5.32 Å². The second-order valence-electron chi connectivity index (χ2n) is 5.48. The standard InChI is InChI=1S/C19H16ClNO4/c1-11-7-15(17(24-2)10-14(11)20)21-19(23)25-18-9-13-6-4-3-5-12(13)8-16(18)22/h3-10,22H,1-2H3,(H,21,23). The number of benzene rings is 3. The zero-order valence-corrected chi connectivity index (χ0v) is 14.4. The smallest absolute Gasteiger partial charge is 0.417 e. The Morgan fingerprint density at radius 2 is 1.76 bits per heavy atom. The van der Waals surface area contributed by atoms with Gasteiger partial charge in [-0.3, -0.25) is 5.32 Å². The van der Waals surface area contributed by atoms with Crippen molar-refractivity contribution in [2.24, 2.45) is 0 Å². The van der Waals surface area contributed by atoms with Gasteiger partial charge >= 0.3 is 6.09 Å². The number of halogens is 1. The van der Waals surface area contributed by atoms with Crippen LogP contribution in [0.3, 0.4) is 0 Å². The van der Waals surface area contributed by atoms with Crippen LogP contribution in [0, 0.1) is 6.92 Å². The van der Waals surface area contributed by atoms with Crippen molar-refractivity contribution >= 4 is 34.2 Å². The Balaban J connectivity index is 1.84. The molecule has 0 heterocycles. The highest BCUT2D eigenvalue weighted by molar-refractivity contribution is 6.31. The number of hydrogen-bond donors (Lipinski definition) is 2. The van der Waals surface area contributed by atoms with E-state index in [1.165, 1.54) is 7.11 Å². The van der Waals surface area contributed by atoms with Gasteiger partial charge in [0.25, 0.3) is 0 Å². The van der Waals surface area contributed by atoms with Gasteiger partial charge in [-0.05, 0) is 41.5 Å². The maximum atomic E-state index is 12.2. The average molecular weight is 358 g/mol. The van der Waals surface area contributed by atoms with E-state index in [-0.39, 0.29) is 11.5 Å². The molecule has 0 atom stereocenters. The number of hydrogen-bond acceptors (Lipinski definition) is 4. The van der Waals surface area contributed by atoms with E-state index >= 15 is 0 Å². The molecule has 0 aliphatic heterocycles. The molecule has 0 saturated heterocycles. The van der Waals surface area contributed by atoms with Gasteiger partial charge in [-0.2, -0.15) is 0 Å². The van der Waals surface area contributed by atoms with Crippen molar-refractivity contribution in [1.82, 2.24) is 0 Å². The van der Waals surface area contributed by atoms with Gasteiger partial charge in [-0.1, -0.05) is 35.9 Å². The van der Waals surface area contributed by atoms with Crippen molar-refractivity contribution in [1.29, 1.82) is 0 Å². The quantitative estimate of drug-likeness (QED) is 0.682. The van der Waals surface area contributed by atoms with Crippen molar-refractivity contribution in [3.63, 3.8) is 0 Å². The number of amides is 1. The number of aromatic hydroxyl groups is 1. The van der Waals surface area contributed by atoms with Crippen molar-refractivity contribution in [2.75, 3.05) is 12.4 Å². The van der Waals surface area contributed by atoms with E-state index in [0.717, 1.165) is 16.3 Å². The number of nitrogens with one attached hydrogen (secondary N) is 1. The topological polar surface area (TPSA) is 67.8 Å². The van der Waals surface area contributed by atoms with Gasteiger partial charge in [0.05, 0.1) is 12.8 Å². The maximum absolute atomic E-state index is 12.2. The lowest BCUT2D eigenvalue weighted by molar-refractivity contribution is 0.213. The van der Waals surface area contributed by atoms with E-state index in [9.17, 15) is 9.90 Å². The number of fused-ring (bicyclic) bond motifs is 1. The van der Waals surface area contributed by atoms with Crippen LogP contribution in [0.1, 0.15) is 5.56 Å². The highest BCUT2D eigenvalue weighted by atomic mass is 35.5. The van der Waals surface area contributed by atoms with Gasteiger partial charge in [-0.25, -0.2) is 4.79 Å². The molecule has 128 valence electrons. The maximum Gasteiger partial charge on any atom is 0.417 e. The molecular formula is C19H16ClNO4. The lowest BCUT2D eigenvalue weighted by Gasteiger charge is -2.13. The minimum atomic E-state index is -0.745. The molecule has 25 heavy (non-hydrogen) atoms. The molecule has 3 rings (SSSR count). The Hall–Kier alpha value is -2.92. The first-order chi connectivity index (χ1) is 12.0. The summed E-state index contributed by atoms with van der Waals surface area (Å²) in [6.07, 6.45) is -0.745. The number of phenols is 1. The van der Waals surface area contributed by atoms with Gasteiger partial charge in [0.15, 0.2) is 11.5 Å². The second kappa shape index (κ2) is 6.91. The van der Waals surface area contributed by atoms with Gasteiger partial charge in [0.2, 0.25) is 0 Å². The van der Waals surface area contributed by atoms with Gasteiger partial charge in [-0.15, -0.1) is 0 Å². The first-order valence-electron chi connectivity index (χ1n) is 7.52. The van der Waals surface area contributed by atoms with E-state index < -0.39 is 6.09 Å². The minimum Gasteiger partial charge on any atom is -0.504 e. The summed E-state index contributed by atoms with van der Waals surface area (Å²) in [5.74, 6) is 0.365. The third-order valence-electron chi connectivity index (χ3n) is 3.75. The fraction of sp³-hybridized carbons (Fsp3) is 0.105. The number of aryl methyl sites for hydroxylation is 1. The normalized spacial score (nSPS) is 10.5. The first kappa shape index (κ1) is 16.9. The van der Waals surface area contributed by atoms with Crippen LogP contribution in [-0.4, -0.2) is 18.3 Å². The Morgan fingerprint density at radius 3 is 2.44 bits per heavy atom. The molecule has 6 heteroatoms. The van der Waals surface area contributed by atoms with Crippen LogP contribution >= 0.6 is 11.6 Å². The number of anilines is 1. The van der Waals surface area contributed by atoms with Crippen LogP contribution in [0.4, 0.5) is 10.5 Å². The highest BCUT2D eigenvalue weighted by Gasteiger charge is 2.14. The molecule has 0 fully saturated rings. The summed E-state index contributed by atoms with van der Waals surface area (Å²) in [5.41, 5.74) is 1.21. The molecule has 3 aromatic carbocycles. The summed E-state index contributed by atoms with van der Waals surface area (Å²) in [6, 6.07) is 13.9. The molecule has 0 saturated carbocycles. The average Bonchev–Trinajstić information content (AvgIpc) is 2.58. The monoisotopic (exact) mass is 357 g/mol. The number of rotatable bonds is 3. The van der Waals surface area contributed by atoms with Crippen LogP contribution in [0.25, 0.3) is 10.8 Å². The Bertz CT molecular complexity index is 956. The summed E-state index contributed by atoms with van der Waals surface area (Å²) in [7, 11) is 1.48. The van der Waals surface area contributed by atoms with Gasteiger partial charge in [0, 0.05) is 11.1 Å². The molecular weight excluding hydrogens is 342 g/mol. The van der Waals surface area contributed by atoms with Gasteiger partial charge in [0.1, 0.15) is 5.75 Å². The molecule has 5 nitrogen and oxygen atoms in total. The van der Waals surface area contributed by atoms with Crippen LogP contribution in [0.2, 0.25) is 5.02 Å². The molecule has 1 amide bonds. The molecule has 0 bridgehead atoms. The minimum absolute atomic E-state index is 0.0702. The summed E-state index contributed by atoms with van der Waals surface area (Å²) in [6.45, 7) is 1.81. The molecule has 2 N–H and O–H groups in total. The Labute approximate surface area is 149 Å². The number of methoxy groups -OCH3 is 1. The van der Waals surface area contributed by atoms with Crippen molar-refractivity contribution in [2.45, 2.75) is 6.92 Å². The lowest BCUT2D eigenvalue weighted by atomic mass is 10.1. The van der Waals surface area contributed by atoms with E-state index in [1.807, 2.05) is 31.2 Å². The van der Waals surface area contributed by atoms with Crippen LogP contribution in [-0.2, 0) is 0 Å². The molecule has 3 aromatic rings. The van der Waals surface area contributed by atoms with Crippen molar-refractivity contribution in [3.05, 3.63) is 59.1 Å². The van der Waals surface area contributed by atoms with Crippen LogP contribution in [0.5, 0.6) is 17.2 Å². The van der Waals surface area contributed by atoms with Crippen LogP contribution in [0.15, 0.2) is 48.5 Å². The summed E-state index contributed by atoms with van der Waals surface area (Å²) in [4.78, 5) is 12.2. The van der Waals surface area contributed by atoms with Crippen molar-refractivity contribution in [3.8, 4) is 17.2 Å². The fourth-order valence-corrected chi connectivity index (χ4v) is 2.61. The Morgan fingerprint density at radius 1 is 1.08 bits per heavy atom. The predicted molar refractivity (Wildman–Crippen MR) is 98.0 cm³/mol. The Kier molecular flexibility index (Phi) is 4.67. The fourth-order valence-electron chi connectivity index (χ4n) is 2.45. The third kappa shape index (κ3) is 3.61. The second-order valence-corrected chi connectivity index (χ2v) is 5.89. The predicted octanol–water partition coefficient (Wildman–Crippen LogP) is 5.13. The molecule has 0 aliphatic rings. The van der Waals surface area contributed by atoms with E-state index in [4.69, 9.17) is 21.1 Å². The summed E-state index contributed by atoms with van der Waals surface area (Å²) in [5, 5.41) is 14.9. The van der Waals surface area contributed by atoms with Crippen molar-refractivity contribution < 1.29 is 19.4 Å². The number of phenolic OH excluding ortho intramolecular Hbond substituents is 1. The lowest BCUT2D eigenvalue weighted by Crippen LogP contribution is -2.17. The summed E-state index contributed by atoms with van der Waals surface area (Å²) >= 11 is 6.05. The van der Waals surface area contributed by atoms with Gasteiger partial charge < -0.3 is 14.6 Å². The van der Waals surface area contributed by atoms with Crippen LogP contribution < -0.4 is 14.8 Å².